The molecular formula is C14H26BrNO2. The van der Waals surface area contributed by atoms with Crippen LogP contribution < -0.4 is 0 Å². The molecule has 106 valence electrons. The lowest BCUT2D eigenvalue weighted by atomic mass is 9.96. The first-order chi connectivity index (χ1) is 8.52. The summed E-state index contributed by atoms with van der Waals surface area (Å²) in [5, 5.41) is 12.3. The Morgan fingerprint density at radius 3 is 2.33 bits per heavy atom. The Balaban J connectivity index is 3.84. The van der Waals surface area contributed by atoms with Crippen molar-refractivity contribution in [1.82, 2.24) is 0 Å². The molecule has 0 aliphatic carbocycles. The highest BCUT2D eigenvalue weighted by atomic mass is 79.9. The lowest BCUT2D eigenvalue weighted by molar-refractivity contribution is -0.121. The van der Waals surface area contributed by atoms with Crippen molar-refractivity contribution in [2.75, 3.05) is 0 Å². The fraction of sp³-hybridized carbons (Fsp3) is 0.857. The highest BCUT2D eigenvalue weighted by Gasteiger charge is 2.17. The van der Waals surface area contributed by atoms with Crippen molar-refractivity contribution >= 4 is 27.4 Å². The van der Waals surface area contributed by atoms with Gasteiger partial charge < -0.3 is 5.21 Å². The third-order valence-corrected chi connectivity index (χ3v) is 3.64. The summed E-state index contributed by atoms with van der Waals surface area (Å²) in [7, 11) is 0. The first-order valence-electron chi connectivity index (χ1n) is 6.90. The van der Waals surface area contributed by atoms with Crippen molar-refractivity contribution in [3.8, 4) is 0 Å². The summed E-state index contributed by atoms with van der Waals surface area (Å²) >= 11 is 3.30. The van der Waals surface area contributed by atoms with E-state index in [2.05, 4.69) is 28.0 Å². The lowest BCUT2D eigenvalue weighted by Gasteiger charge is -2.12. The van der Waals surface area contributed by atoms with Gasteiger partial charge in [-0.05, 0) is 39.0 Å². The maximum Gasteiger partial charge on any atom is 0.148 e. The Morgan fingerprint density at radius 1 is 1.22 bits per heavy atom. The minimum absolute atomic E-state index is 0.0666. The van der Waals surface area contributed by atoms with Crippen molar-refractivity contribution in [2.45, 2.75) is 70.5 Å². The Hall–Kier alpha value is -0.380. The molecule has 18 heavy (non-hydrogen) atoms. The topological polar surface area (TPSA) is 49.7 Å². The Labute approximate surface area is 119 Å². The summed E-state index contributed by atoms with van der Waals surface area (Å²) in [5.74, 6) is 0.332. The molecule has 0 rings (SSSR count). The van der Waals surface area contributed by atoms with Gasteiger partial charge in [0.1, 0.15) is 5.78 Å². The summed E-state index contributed by atoms with van der Waals surface area (Å²) in [6.07, 6.45) is 6.89. The second-order valence-corrected chi connectivity index (χ2v) is 6.31. The number of halogens is 1. The van der Waals surface area contributed by atoms with Crippen LogP contribution in [0.25, 0.3) is 0 Å². The predicted molar refractivity (Wildman–Crippen MR) is 79.8 cm³/mol. The van der Waals surface area contributed by atoms with Gasteiger partial charge >= 0.3 is 0 Å². The SMILES string of the molecule is CCCCC/C(CCCC(C)C(=O)C(C)Br)=N\O. The third-order valence-electron chi connectivity index (χ3n) is 3.19. The van der Waals surface area contributed by atoms with Crippen LogP contribution in [0.1, 0.15) is 65.7 Å². The van der Waals surface area contributed by atoms with E-state index >= 15 is 0 Å². The van der Waals surface area contributed by atoms with Crippen LogP contribution in [0.15, 0.2) is 5.16 Å². The number of nitrogens with zero attached hydrogens (tertiary/aromatic N) is 1. The second kappa shape index (κ2) is 10.5. The molecule has 4 heteroatoms. The first-order valence-corrected chi connectivity index (χ1v) is 7.82. The third kappa shape index (κ3) is 7.85. The van der Waals surface area contributed by atoms with E-state index in [-0.39, 0.29) is 16.5 Å². The number of carbonyl (C=O) groups excluding carboxylic acids is 1. The summed E-state index contributed by atoms with van der Waals surface area (Å²) in [6, 6.07) is 0. The molecule has 0 saturated heterocycles. The molecule has 2 atom stereocenters. The quantitative estimate of drug-likeness (QED) is 0.211. The van der Waals surface area contributed by atoms with E-state index < -0.39 is 0 Å². The van der Waals surface area contributed by atoms with Gasteiger partial charge in [0.05, 0.1) is 10.5 Å². The minimum Gasteiger partial charge on any atom is -0.411 e. The molecule has 0 radical (unpaired) electrons. The largest absolute Gasteiger partial charge is 0.411 e. The zero-order valence-corrected chi connectivity index (χ0v) is 13.4. The van der Waals surface area contributed by atoms with Gasteiger partial charge in [-0.15, -0.1) is 0 Å². The number of rotatable bonds is 10. The molecule has 0 bridgehead atoms. The van der Waals surface area contributed by atoms with Gasteiger partial charge in [0.15, 0.2) is 0 Å². The van der Waals surface area contributed by atoms with E-state index in [1.807, 2.05) is 13.8 Å². The monoisotopic (exact) mass is 319 g/mol. The van der Waals surface area contributed by atoms with Gasteiger partial charge in [-0.2, -0.15) is 0 Å². The molecule has 0 amide bonds. The maximum atomic E-state index is 11.7. The number of ketones is 1. The van der Waals surface area contributed by atoms with Crippen LogP contribution in [0.2, 0.25) is 0 Å². The van der Waals surface area contributed by atoms with E-state index in [0.29, 0.717) is 0 Å². The number of Topliss-reactive ketones (excluding diaryl/α,β-unsaturated/α-hetero) is 1. The fourth-order valence-corrected chi connectivity index (χ4v) is 2.40. The van der Waals surface area contributed by atoms with E-state index in [9.17, 15) is 4.79 Å². The summed E-state index contributed by atoms with van der Waals surface area (Å²) in [6.45, 7) is 5.99. The van der Waals surface area contributed by atoms with E-state index in [4.69, 9.17) is 5.21 Å². The van der Waals surface area contributed by atoms with Crippen LogP contribution in [-0.2, 0) is 4.79 Å². The van der Waals surface area contributed by atoms with E-state index in [1.54, 1.807) is 0 Å². The smallest absolute Gasteiger partial charge is 0.148 e. The van der Waals surface area contributed by atoms with Gasteiger partial charge in [-0.1, -0.05) is 47.8 Å². The highest BCUT2D eigenvalue weighted by molar-refractivity contribution is 9.10. The Bertz CT molecular complexity index is 265. The Kier molecular flexibility index (Phi) is 10.3. The van der Waals surface area contributed by atoms with Crippen molar-refractivity contribution in [3.05, 3.63) is 0 Å². The fourth-order valence-electron chi connectivity index (χ4n) is 1.95. The van der Waals surface area contributed by atoms with Crippen molar-refractivity contribution in [1.29, 1.82) is 0 Å². The van der Waals surface area contributed by atoms with Gasteiger partial charge in [-0.25, -0.2) is 0 Å². The van der Waals surface area contributed by atoms with Crippen molar-refractivity contribution < 1.29 is 10.0 Å². The van der Waals surface area contributed by atoms with Gasteiger partial charge in [-0.3, -0.25) is 4.79 Å². The summed E-state index contributed by atoms with van der Waals surface area (Å²) in [4.78, 5) is 11.6. The van der Waals surface area contributed by atoms with Crippen molar-refractivity contribution in [3.63, 3.8) is 0 Å². The number of hydrogen-bond donors (Lipinski definition) is 1. The number of hydrogen-bond acceptors (Lipinski definition) is 3. The molecule has 0 aliphatic rings. The molecule has 1 N–H and O–H groups in total. The lowest BCUT2D eigenvalue weighted by Crippen LogP contribution is -2.19. The molecule has 0 spiro atoms. The van der Waals surface area contributed by atoms with Crippen LogP contribution >= 0.6 is 15.9 Å². The van der Waals surface area contributed by atoms with Gasteiger partial charge in [0.2, 0.25) is 0 Å². The van der Waals surface area contributed by atoms with Crippen LogP contribution in [0.3, 0.4) is 0 Å². The Morgan fingerprint density at radius 2 is 1.83 bits per heavy atom. The molecule has 2 unspecified atom stereocenters. The predicted octanol–water partition coefficient (Wildman–Crippen LogP) is 4.56. The zero-order chi connectivity index (χ0) is 14.0. The standard InChI is InChI=1S/C14H26BrNO2/c1-4-5-6-9-13(16-18)10-7-8-11(2)14(17)12(3)15/h11-12,18H,4-10H2,1-3H3/b16-13+. The summed E-state index contributed by atoms with van der Waals surface area (Å²) in [5.41, 5.74) is 0.870. The molecular weight excluding hydrogens is 294 g/mol. The van der Waals surface area contributed by atoms with Crippen LogP contribution in [0.4, 0.5) is 0 Å². The number of carbonyl (C=O) groups is 1. The zero-order valence-electron chi connectivity index (χ0n) is 11.8. The van der Waals surface area contributed by atoms with Crippen LogP contribution in [0.5, 0.6) is 0 Å². The molecule has 0 aromatic carbocycles. The van der Waals surface area contributed by atoms with Gasteiger partial charge in [0.25, 0.3) is 0 Å². The maximum absolute atomic E-state index is 11.7. The average molecular weight is 320 g/mol. The molecule has 0 aromatic heterocycles. The van der Waals surface area contributed by atoms with E-state index in [0.717, 1.165) is 37.8 Å². The molecule has 0 aromatic rings. The van der Waals surface area contributed by atoms with Crippen LogP contribution in [0, 0.1) is 5.92 Å². The average Bonchev–Trinajstić information content (AvgIpc) is 2.35. The number of alkyl halides is 1. The van der Waals surface area contributed by atoms with E-state index in [1.165, 1.54) is 12.8 Å². The molecule has 0 fully saturated rings. The van der Waals surface area contributed by atoms with Gasteiger partial charge in [0, 0.05) is 5.92 Å². The molecule has 0 aliphatic heterocycles. The first kappa shape index (κ1) is 17.6. The molecule has 0 saturated carbocycles. The normalized spacial score (nSPS) is 15.4. The molecule has 3 nitrogen and oxygen atoms in total. The van der Waals surface area contributed by atoms with Crippen molar-refractivity contribution in [2.24, 2.45) is 11.1 Å². The number of unbranched alkanes of at least 4 members (excludes halogenated alkanes) is 2. The molecule has 0 heterocycles. The minimum atomic E-state index is -0.0666. The number of oxime groups is 1. The second-order valence-electron chi connectivity index (χ2n) is 4.93. The van der Waals surface area contributed by atoms with Crippen LogP contribution in [-0.4, -0.2) is 21.5 Å². The highest BCUT2D eigenvalue weighted by Crippen LogP contribution is 2.16. The summed E-state index contributed by atoms with van der Waals surface area (Å²) < 4.78 is 0.